The van der Waals surface area contributed by atoms with Crippen molar-refractivity contribution >= 4 is 32.3 Å². The van der Waals surface area contributed by atoms with Crippen LogP contribution in [0.1, 0.15) is 15.2 Å². The van der Waals surface area contributed by atoms with Gasteiger partial charge in [-0.15, -0.1) is 0 Å². The molecule has 0 atom stereocenters. The Bertz CT molecular complexity index is 1060. The highest BCUT2D eigenvalue weighted by Crippen LogP contribution is 2.35. The van der Waals surface area contributed by atoms with E-state index in [0.717, 1.165) is 0 Å². The van der Waals surface area contributed by atoms with Crippen LogP contribution in [-0.4, -0.2) is 24.7 Å². The van der Waals surface area contributed by atoms with E-state index < -0.39 is 26.4 Å². The van der Waals surface area contributed by atoms with E-state index in [-0.39, 0.29) is 10.6 Å². The van der Waals surface area contributed by atoms with Crippen LogP contribution in [0.2, 0.25) is 0 Å². The number of thiazole rings is 1. The summed E-state index contributed by atoms with van der Waals surface area (Å²) in [5, 5.41) is -0.537. The van der Waals surface area contributed by atoms with E-state index in [1.807, 2.05) is 0 Å². The van der Waals surface area contributed by atoms with Crippen molar-refractivity contribution < 1.29 is 26.4 Å². The molecule has 0 saturated carbocycles. The lowest BCUT2D eigenvalue weighted by molar-refractivity contribution is -0.0429. The first-order chi connectivity index (χ1) is 12.7. The molecule has 2 aromatic carbocycles. The largest absolute Gasteiger partial charge is 0.516 e. The number of sulfonamides is 1. The molecule has 140 valence electrons. The third-order valence-electron chi connectivity index (χ3n) is 3.44. The van der Waals surface area contributed by atoms with Crippen molar-refractivity contribution in [2.75, 3.05) is 4.72 Å². The van der Waals surface area contributed by atoms with E-state index in [9.17, 15) is 26.4 Å². The van der Waals surface area contributed by atoms with Gasteiger partial charge in [-0.25, -0.2) is 4.98 Å². The van der Waals surface area contributed by atoms with Gasteiger partial charge in [0.2, 0.25) is 5.78 Å². The number of nitrogens with one attached hydrogen (secondary N) is 1. The zero-order valence-corrected chi connectivity index (χ0v) is 15.0. The molecule has 1 heterocycles. The van der Waals surface area contributed by atoms with E-state index in [1.165, 1.54) is 4.72 Å². The van der Waals surface area contributed by atoms with Gasteiger partial charge in [0.1, 0.15) is 4.88 Å². The second kappa shape index (κ2) is 7.12. The van der Waals surface area contributed by atoms with Gasteiger partial charge in [0.25, 0.3) is 0 Å². The van der Waals surface area contributed by atoms with Gasteiger partial charge in [0.05, 0.1) is 5.69 Å². The number of alkyl halides is 3. The lowest BCUT2D eigenvalue weighted by Gasteiger charge is -2.07. The molecule has 5 nitrogen and oxygen atoms in total. The van der Waals surface area contributed by atoms with Gasteiger partial charge >= 0.3 is 15.5 Å². The molecule has 0 fully saturated rings. The molecule has 0 aliphatic carbocycles. The lowest BCUT2D eigenvalue weighted by atomic mass is 10.1. The Morgan fingerprint density at radius 3 is 2.07 bits per heavy atom. The SMILES string of the molecule is O=C(c1ccccc1)c1sc(NS(=O)(=O)C(F)(F)F)nc1-c1ccccc1. The van der Waals surface area contributed by atoms with Crippen LogP contribution in [0.25, 0.3) is 11.3 Å². The number of aromatic nitrogens is 1. The molecule has 3 rings (SSSR count). The number of halogens is 3. The fourth-order valence-electron chi connectivity index (χ4n) is 2.20. The summed E-state index contributed by atoms with van der Waals surface area (Å²) in [7, 11) is -5.64. The number of carbonyl (C=O) groups excluding carboxylic acids is 1. The van der Waals surface area contributed by atoms with Crippen LogP contribution >= 0.6 is 11.3 Å². The number of rotatable bonds is 5. The maximum Gasteiger partial charge on any atom is 0.516 e. The van der Waals surface area contributed by atoms with Gasteiger partial charge in [-0.05, 0) is 0 Å². The number of hydrogen-bond donors (Lipinski definition) is 1. The minimum Gasteiger partial charge on any atom is -0.288 e. The molecule has 0 aliphatic heterocycles. The Balaban J connectivity index is 2.09. The summed E-state index contributed by atoms with van der Waals surface area (Å²) in [6.45, 7) is 0. The number of carbonyl (C=O) groups is 1. The third kappa shape index (κ3) is 4.01. The summed E-state index contributed by atoms with van der Waals surface area (Å²) in [5.74, 6) is -0.468. The molecule has 3 aromatic rings. The topological polar surface area (TPSA) is 76.1 Å². The lowest BCUT2D eigenvalue weighted by Crippen LogP contribution is -2.29. The summed E-state index contributed by atoms with van der Waals surface area (Å²) < 4.78 is 62.0. The predicted octanol–water partition coefficient (Wildman–Crippen LogP) is 4.30. The normalized spacial score (nSPS) is 12.0. The Hall–Kier alpha value is -2.72. The molecule has 0 saturated heterocycles. The summed E-state index contributed by atoms with van der Waals surface area (Å²) in [6.07, 6.45) is 0. The maximum absolute atomic E-state index is 12.8. The van der Waals surface area contributed by atoms with Crippen molar-refractivity contribution in [1.82, 2.24) is 4.98 Å². The van der Waals surface area contributed by atoms with Crippen molar-refractivity contribution in [2.24, 2.45) is 0 Å². The van der Waals surface area contributed by atoms with Crippen LogP contribution in [-0.2, 0) is 10.0 Å². The van der Waals surface area contributed by atoms with Crippen molar-refractivity contribution in [3.8, 4) is 11.3 Å². The first-order valence-electron chi connectivity index (χ1n) is 7.44. The van der Waals surface area contributed by atoms with E-state index in [4.69, 9.17) is 0 Å². The molecule has 27 heavy (non-hydrogen) atoms. The molecular formula is C17H11F3N2O3S2. The quantitative estimate of drug-likeness (QED) is 0.634. The van der Waals surface area contributed by atoms with Gasteiger partial charge < -0.3 is 0 Å². The molecule has 0 amide bonds. The molecule has 0 spiro atoms. The summed E-state index contributed by atoms with van der Waals surface area (Å²) in [6, 6.07) is 16.4. The summed E-state index contributed by atoms with van der Waals surface area (Å²) in [5.41, 5.74) is -4.60. The molecule has 0 aliphatic rings. The van der Waals surface area contributed by atoms with E-state index in [0.29, 0.717) is 22.5 Å². The highest BCUT2D eigenvalue weighted by molar-refractivity contribution is 7.93. The molecule has 10 heteroatoms. The molecule has 0 unspecified atom stereocenters. The van der Waals surface area contributed by atoms with Crippen molar-refractivity contribution in [3.63, 3.8) is 0 Å². The molecule has 1 aromatic heterocycles. The highest BCUT2D eigenvalue weighted by atomic mass is 32.2. The Labute approximate surface area is 156 Å². The third-order valence-corrected chi connectivity index (χ3v) is 5.61. The van der Waals surface area contributed by atoms with Crippen LogP contribution in [0.5, 0.6) is 0 Å². The number of ketones is 1. The number of nitrogens with zero attached hydrogens (tertiary/aromatic N) is 1. The average Bonchev–Trinajstić information content (AvgIpc) is 3.04. The molecular weight excluding hydrogens is 401 g/mol. The second-order valence-electron chi connectivity index (χ2n) is 5.31. The van der Waals surface area contributed by atoms with E-state index >= 15 is 0 Å². The zero-order valence-electron chi connectivity index (χ0n) is 13.4. The van der Waals surface area contributed by atoms with Crippen LogP contribution in [0.15, 0.2) is 60.7 Å². The second-order valence-corrected chi connectivity index (χ2v) is 7.98. The van der Waals surface area contributed by atoms with E-state index in [1.54, 1.807) is 60.7 Å². The van der Waals surface area contributed by atoms with Crippen LogP contribution in [0.3, 0.4) is 0 Å². The Morgan fingerprint density at radius 2 is 1.52 bits per heavy atom. The van der Waals surface area contributed by atoms with Crippen LogP contribution in [0, 0.1) is 0 Å². The van der Waals surface area contributed by atoms with Crippen molar-refractivity contribution in [1.29, 1.82) is 0 Å². The van der Waals surface area contributed by atoms with Gasteiger partial charge in [0.15, 0.2) is 5.13 Å². The van der Waals surface area contributed by atoms with Crippen molar-refractivity contribution in [3.05, 3.63) is 71.1 Å². The van der Waals surface area contributed by atoms with Crippen LogP contribution < -0.4 is 4.72 Å². The van der Waals surface area contributed by atoms with Gasteiger partial charge in [-0.2, -0.15) is 21.6 Å². The highest BCUT2D eigenvalue weighted by Gasteiger charge is 2.46. The summed E-state index contributed by atoms with van der Waals surface area (Å²) >= 11 is 0.549. The van der Waals surface area contributed by atoms with Crippen LogP contribution in [0.4, 0.5) is 18.3 Å². The first kappa shape index (κ1) is 19.1. The van der Waals surface area contributed by atoms with Gasteiger partial charge in [-0.1, -0.05) is 72.0 Å². The molecule has 1 N–H and O–H groups in total. The smallest absolute Gasteiger partial charge is 0.288 e. The summed E-state index contributed by atoms with van der Waals surface area (Å²) in [4.78, 5) is 16.8. The van der Waals surface area contributed by atoms with E-state index in [2.05, 4.69) is 4.98 Å². The Morgan fingerprint density at radius 1 is 0.963 bits per heavy atom. The Kier molecular flexibility index (Phi) is 5.03. The maximum atomic E-state index is 12.8. The zero-order chi connectivity index (χ0) is 19.7. The molecule has 0 radical (unpaired) electrons. The minimum atomic E-state index is -5.64. The fourth-order valence-corrected chi connectivity index (χ4v) is 3.89. The number of benzene rings is 2. The predicted molar refractivity (Wildman–Crippen MR) is 96.0 cm³/mol. The fraction of sp³-hybridized carbons (Fsp3) is 0.0588. The van der Waals surface area contributed by atoms with Gasteiger partial charge in [-0.3, -0.25) is 9.52 Å². The first-order valence-corrected chi connectivity index (χ1v) is 9.74. The number of hydrogen-bond acceptors (Lipinski definition) is 5. The number of anilines is 1. The average molecular weight is 412 g/mol. The standard InChI is InChI=1S/C17H11F3N2O3S2/c18-17(19,20)27(24,25)22-16-21-13(11-7-3-1-4-8-11)15(26-16)14(23)12-9-5-2-6-10-12/h1-10H,(H,21,22). The minimum absolute atomic E-state index is 0.0345. The molecule has 0 bridgehead atoms. The monoisotopic (exact) mass is 412 g/mol. The van der Waals surface area contributed by atoms with Crippen molar-refractivity contribution in [2.45, 2.75) is 5.51 Å². The van der Waals surface area contributed by atoms with Gasteiger partial charge in [0, 0.05) is 11.1 Å².